The highest BCUT2D eigenvalue weighted by molar-refractivity contribution is 7.90. The first-order chi connectivity index (χ1) is 11.3. The Morgan fingerprint density at radius 2 is 1.83 bits per heavy atom. The smallest absolute Gasteiger partial charge is 0.267 e. The second-order valence-corrected chi connectivity index (χ2v) is 8.04. The van der Waals surface area contributed by atoms with Crippen molar-refractivity contribution in [3.8, 4) is 0 Å². The van der Waals surface area contributed by atoms with Crippen LogP contribution in [0.15, 0.2) is 57.8 Å². The Morgan fingerprint density at radius 1 is 1.08 bits per heavy atom. The number of benzene rings is 1. The number of carbonyl (C=O) groups excluding carboxylic acids is 1. The van der Waals surface area contributed by atoms with E-state index in [0.29, 0.717) is 8.85 Å². The van der Waals surface area contributed by atoms with Crippen molar-refractivity contribution >= 4 is 27.3 Å². The van der Waals surface area contributed by atoms with Gasteiger partial charge in [-0.3, -0.25) is 4.79 Å². The van der Waals surface area contributed by atoms with E-state index in [-0.39, 0.29) is 4.90 Å². The molecule has 0 bridgehead atoms. The van der Waals surface area contributed by atoms with Crippen molar-refractivity contribution in [3.05, 3.63) is 74.6 Å². The maximum Gasteiger partial charge on any atom is 0.349 e. The maximum absolute atomic E-state index is 12.7. The quantitative estimate of drug-likeness (QED) is 0.716. The Bertz CT molecular complexity index is 1070. The fourth-order valence-electron chi connectivity index (χ4n) is 2.21. The van der Waals surface area contributed by atoms with Crippen LogP contribution in [0.2, 0.25) is 0 Å². The fraction of sp³-hybridized carbons (Fsp3) is 0.125. The van der Waals surface area contributed by atoms with Gasteiger partial charge in [0.15, 0.2) is 0 Å². The zero-order chi connectivity index (χ0) is 17.5. The van der Waals surface area contributed by atoms with Gasteiger partial charge in [-0.15, -0.1) is 11.3 Å². The van der Waals surface area contributed by atoms with E-state index >= 15 is 0 Å². The third-order valence-electron chi connectivity index (χ3n) is 3.73. The molecule has 2 heterocycles. The van der Waals surface area contributed by atoms with Crippen molar-refractivity contribution in [1.29, 1.82) is 0 Å². The topological polar surface area (TPSA) is 78.1 Å². The second-order valence-electron chi connectivity index (χ2n) is 5.28. The lowest BCUT2D eigenvalue weighted by Crippen LogP contribution is -2.32. The van der Waals surface area contributed by atoms with Gasteiger partial charge in [-0.25, -0.2) is 17.8 Å². The summed E-state index contributed by atoms with van der Waals surface area (Å²) in [5, 5.41) is 1.71. The average Bonchev–Trinajstić information content (AvgIpc) is 3.19. The van der Waals surface area contributed by atoms with Crippen LogP contribution in [-0.4, -0.2) is 22.9 Å². The second kappa shape index (κ2) is 5.88. The first kappa shape index (κ1) is 16.4. The van der Waals surface area contributed by atoms with Crippen LogP contribution in [0.4, 0.5) is 0 Å². The van der Waals surface area contributed by atoms with Crippen molar-refractivity contribution in [3.63, 3.8) is 0 Å². The Labute approximate surface area is 142 Å². The minimum atomic E-state index is -4.06. The first-order valence-electron chi connectivity index (χ1n) is 7.03. The molecular weight excluding hydrogens is 348 g/mol. The standard InChI is InChI=1S/C16H14N2O4S2/c1-11-5-6-13(10-12(11)2)24(21,22)18-8-7-17(16(18)20)15(19)14-4-3-9-23-14/h3-10H,1-2H3. The molecule has 0 atom stereocenters. The number of aryl methyl sites for hydroxylation is 2. The molecule has 0 N–H and O–H groups in total. The van der Waals surface area contributed by atoms with E-state index in [2.05, 4.69) is 0 Å². The van der Waals surface area contributed by atoms with Gasteiger partial charge in [-0.1, -0.05) is 12.1 Å². The molecular formula is C16H14N2O4S2. The SMILES string of the molecule is Cc1ccc(S(=O)(=O)n2ccn(C(=O)c3cccs3)c2=O)cc1C. The minimum Gasteiger partial charge on any atom is -0.267 e. The predicted octanol–water partition coefficient (Wildman–Crippen LogP) is 2.25. The predicted molar refractivity (Wildman–Crippen MR) is 91.2 cm³/mol. The van der Waals surface area contributed by atoms with Crippen molar-refractivity contribution in [2.45, 2.75) is 18.7 Å². The van der Waals surface area contributed by atoms with Crippen LogP contribution in [0.1, 0.15) is 20.8 Å². The van der Waals surface area contributed by atoms with Gasteiger partial charge in [0.25, 0.3) is 15.9 Å². The average molecular weight is 362 g/mol. The zero-order valence-electron chi connectivity index (χ0n) is 13.0. The highest BCUT2D eigenvalue weighted by Gasteiger charge is 2.23. The Hall–Kier alpha value is -2.45. The van der Waals surface area contributed by atoms with E-state index in [1.165, 1.54) is 29.7 Å². The molecule has 0 unspecified atom stereocenters. The molecule has 6 nitrogen and oxygen atoms in total. The Morgan fingerprint density at radius 3 is 2.46 bits per heavy atom. The summed E-state index contributed by atoms with van der Waals surface area (Å²) in [5.74, 6) is -0.552. The molecule has 2 aromatic heterocycles. The lowest BCUT2D eigenvalue weighted by Gasteiger charge is -2.07. The molecule has 0 aliphatic rings. The number of thiophene rings is 1. The molecule has 0 fully saturated rings. The van der Waals surface area contributed by atoms with E-state index in [4.69, 9.17) is 0 Å². The molecule has 0 spiro atoms. The van der Waals surface area contributed by atoms with Crippen LogP contribution >= 0.6 is 11.3 Å². The van der Waals surface area contributed by atoms with E-state index in [1.54, 1.807) is 30.5 Å². The number of rotatable bonds is 3. The Balaban J connectivity index is 2.09. The van der Waals surface area contributed by atoms with Crippen LogP contribution in [0, 0.1) is 13.8 Å². The summed E-state index contributed by atoms with van der Waals surface area (Å²) in [7, 11) is -4.06. The van der Waals surface area contributed by atoms with Gasteiger partial charge >= 0.3 is 5.69 Å². The fourth-order valence-corrected chi connectivity index (χ4v) is 4.17. The van der Waals surface area contributed by atoms with E-state index in [9.17, 15) is 18.0 Å². The van der Waals surface area contributed by atoms with Crippen molar-refractivity contribution in [1.82, 2.24) is 8.54 Å². The molecule has 1 aromatic carbocycles. The van der Waals surface area contributed by atoms with Gasteiger partial charge in [-0.05, 0) is 48.6 Å². The molecule has 0 radical (unpaired) electrons. The third-order valence-corrected chi connectivity index (χ3v) is 6.23. The summed E-state index contributed by atoms with van der Waals surface area (Å²) in [6, 6.07) is 7.90. The number of nitrogens with zero attached hydrogens (tertiary/aromatic N) is 2. The van der Waals surface area contributed by atoms with Crippen LogP contribution in [0.3, 0.4) is 0 Å². The monoisotopic (exact) mass is 362 g/mol. The molecule has 0 amide bonds. The highest BCUT2D eigenvalue weighted by atomic mass is 32.2. The number of aromatic nitrogens is 2. The summed E-state index contributed by atoms with van der Waals surface area (Å²) in [5.41, 5.74) is 0.844. The minimum absolute atomic E-state index is 0.00835. The number of hydrogen-bond donors (Lipinski definition) is 0. The molecule has 8 heteroatoms. The largest absolute Gasteiger partial charge is 0.349 e. The van der Waals surface area contributed by atoms with Crippen molar-refractivity contribution in [2.75, 3.05) is 0 Å². The van der Waals surface area contributed by atoms with Crippen molar-refractivity contribution < 1.29 is 13.2 Å². The summed E-state index contributed by atoms with van der Waals surface area (Å²) >= 11 is 1.18. The molecule has 24 heavy (non-hydrogen) atoms. The summed E-state index contributed by atoms with van der Waals surface area (Å²) in [4.78, 5) is 25.0. The number of carbonyl (C=O) groups is 1. The number of hydrogen-bond acceptors (Lipinski definition) is 5. The molecule has 0 saturated carbocycles. The van der Waals surface area contributed by atoms with Crippen LogP contribution in [-0.2, 0) is 10.0 Å². The van der Waals surface area contributed by atoms with Gasteiger partial charge in [0.1, 0.15) is 0 Å². The van der Waals surface area contributed by atoms with Gasteiger partial charge in [-0.2, -0.15) is 3.97 Å². The molecule has 3 aromatic rings. The van der Waals surface area contributed by atoms with Gasteiger partial charge in [0, 0.05) is 12.4 Å². The van der Waals surface area contributed by atoms with Gasteiger partial charge < -0.3 is 0 Å². The van der Waals surface area contributed by atoms with Crippen LogP contribution in [0.5, 0.6) is 0 Å². The molecule has 0 aliphatic heterocycles. The van der Waals surface area contributed by atoms with Crippen LogP contribution in [0.25, 0.3) is 0 Å². The third kappa shape index (κ3) is 2.63. The lowest BCUT2D eigenvalue weighted by atomic mass is 10.1. The number of imidazole rings is 1. The summed E-state index contributed by atoms with van der Waals surface area (Å²) in [6.07, 6.45) is 2.27. The molecule has 124 valence electrons. The van der Waals surface area contributed by atoms with Crippen LogP contribution < -0.4 is 5.69 Å². The molecule has 0 saturated heterocycles. The van der Waals surface area contributed by atoms with E-state index in [1.807, 2.05) is 6.92 Å². The molecule has 0 aliphatic carbocycles. The van der Waals surface area contributed by atoms with E-state index < -0.39 is 21.6 Å². The van der Waals surface area contributed by atoms with Gasteiger partial charge in [0.2, 0.25) is 0 Å². The van der Waals surface area contributed by atoms with Crippen molar-refractivity contribution in [2.24, 2.45) is 0 Å². The van der Waals surface area contributed by atoms with Gasteiger partial charge in [0.05, 0.1) is 9.77 Å². The lowest BCUT2D eigenvalue weighted by molar-refractivity contribution is 0.0960. The molecule has 3 rings (SSSR count). The summed E-state index contributed by atoms with van der Waals surface area (Å²) in [6.45, 7) is 3.66. The Kier molecular flexibility index (Phi) is 4.02. The van der Waals surface area contributed by atoms with E-state index in [0.717, 1.165) is 21.9 Å². The maximum atomic E-state index is 12.7. The first-order valence-corrected chi connectivity index (χ1v) is 9.35. The normalized spacial score (nSPS) is 11.6. The highest BCUT2D eigenvalue weighted by Crippen LogP contribution is 2.17. The zero-order valence-corrected chi connectivity index (χ0v) is 14.6. The summed E-state index contributed by atoms with van der Waals surface area (Å²) < 4.78 is 26.7.